The fourth-order valence-corrected chi connectivity index (χ4v) is 3.92. The lowest BCUT2D eigenvalue weighted by Gasteiger charge is -2.09. The molecule has 0 aliphatic rings. The van der Waals surface area contributed by atoms with Crippen LogP contribution in [0.4, 0.5) is 13.2 Å². The molecule has 1 amide bonds. The van der Waals surface area contributed by atoms with Gasteiger partial charge in [-0.2, -0.15) is 18.3 Å². The van der Waals surface area contributed by atoms with E-state index < -0.39 is 11.9 Å². The molecule has 0 saturated heterocycles. The highest BCUT2D eigenvalue weighted by Gasteiger charge is 2.35. The number of hydrogen-bond donors (Lipinski definition) is 1. The van der Waals surface area contributed by atoms with Gasteiger partial charge in [-0.1, -0.05) is 35.9 Å². The van der Waals surface area contributed by atoms with Crippen molar-refractivity contribution in [2.75, 3.05) is 0 Å². The second-order valence-electron chi connectivity index (χ2n) is 6.62. The Morgan fingerprint density at radius 3 is 2.45 bits per heavy atom. The van der Waals surface area contributed by atoms with Gasteiger partial charge in [0.1, 0.15) is 0 Å². The Morgan fingerprint density at radius 1 is 1.06 bits per heavy atom. The van der Waals surface area contributed by atoms with Crippen LogP contribution in [0.25, 0.3) is 16.3 Å². The molecule has 158 valence electrons. The minimum absolute atomic E-state index is 0.261. The van der Waals surface area contributed by atoms with Crippen molar-refractivity contribution in [3.05, 3.63) is 94.0 Å². The van der Waals surface area contributed by atoms with E-state index in [2.05, 4.69) is 10.4 Å². The summed E-state index contributed by atoms with van der Waals surface area (Å²) in [5.74, 6) is -0.318. The van der Waals surface area contributed by atoms with E-state index >= 15 is 0 Å². The Labute approximate surface area is 184 Å². The summed E-state index contributed by atoms with van der Waals surface area (Å²) in [6, 6.07) is 17.9. The highest BCUT2D eigenvalue weighted by molar-refractivity contribution is 7.13. The number of thiophene rings is 1. The molecule has 9 heteroatoms. The minimum Gasteiger partial charge on any atom is -0.348 e. The molecule has 2 aromatic heterocycles. The van der Waals surface area contributed by atoms with E-state index in [1.54, 1.807) is 53.9 Å². The smallest absolute Gasteiger partial charge is 0.348 e. The van der Waals surface area contributed by atoms with Crippen molar-refractivity contribution in [3.8, 4) is 16.3 Å². The Bertz CT molecular complexity index is 1200. The third-order valence-corrected chi connectivity index (χ3v) is 5.81. The maximum atomic E-state index is 13.2. The molecule has 2 heterocycles. The van der Waals surface area contributed by atoms with E-state index in [0.29, 0.717) is 26.8 Å². The van der Waals surface area contributed by atoms with Crippen LogP contribution < -0.4 is 5.32 Å². The van der Waals surface area contributed by atoms with E-state index in [4.69, 9.17) is 11.6 Å². The monoisotopic (exact) mass is 461 g/mol. The fourth-order valence-electron chi connectivity index (χ4n) is 2.99. The van der Waals surface area contributed by atoms with Crippen molar-refractivity contribution in [1.29, 1.82) is 0 Å². The lowest BCUT2D eigenvalue weighted by molar-refractivity contribution is -0.141. The first-order chi connectivity index (χ1) is 14.8. The number of amides is 1. The van der Waals surface area contributed by atoms with Crippen molar-refractivity contribution < 1.29 is 18.0 Å². The van der Waals surface area contributed by atoms with Crippen LogP contribution >= 0.6 is 22.9 Å². The van der Waals surface area contributed by atoms with Gasteiger partial charge in [0.05, 0.1) is 16.3 Å². The summed E-state index contributed by atoms with van der Waals surface area (Å²) in [7, 11) is 0. The number of nitrogens with one attached hydrogen (secondary N) is 1. The number of hydrogen-bond acceptors (Lipinski definition) is 3. The van der Waals surface area contributed by atoms with Gasteiger partial charge in [0.25, 0.3) is 5.91 Å². The molecule has 0 radical (unpaired) electrons. The zero-order valence-electron chi connectivity index (χ0n) is 15.9. The number of aromatic nitrogens is 2. The van der Waals surface area contributed by atoms with Gasteiger partial charge in [0.2, 0.25) is 0 Å². The molecule has 0 fully saturated rings. The number of benzene rings is 2. The lowest BCUT2D eigenvalue weighted by atomic mass is 10.1. The normalized spacial score (nSPS) is 11.5. The van der Waals surface area contributed by atoms with Crippen molar-refractivity contribution in [2.24, 2.45) is 0 Å². The first-order valence-corrected chi connectivity index (χ1v) is 10.4. The summed E-state index contributed by atoms with van der Waals surface area (Å²) in [5.41, 5.74) is 0.930. The molecule has 0 bridgehead atoms. The van der Waals surface area contributed by atoms with E-state index in [-0.39, 0.29) is 12.5 Å². The number of nitrogens with zero attached hydrogens (tertiary/aromatic N) is 2. The SMILES string of the molecule is O=C(NCc1ccccc1Cl)c1ccc(-n2nc(C(F)(F)F)cc2-c2cccs2)cc1. The summed E-state index contributed by atoms with van der Waals surface area (Å²) in [4.78, 5) is 13.1. The molecule has 0 spiro atoms. The van der Waals surface area contributed by atoms with Crippen molar-refractivity contribution >= 4 is 28.8 Å². The van der Waals surface area contributed by atoms with E-state index in [1.807, 2.05) is 12.1 Å². The van der Waals surface area contributed by atoms with Crippen LogP contribution in [0, 0.1) is 0 Å². The molecular weight excluding hydrogens is 447 g/mol. The average molecular weight is 462 g/mol. The largest absolute Gasteiger partial charge is 0.435 e. The topological polar surface area (TPSA) is 46.9 Å². The number of carbonyl (C=O) groups excluding carboxylic acids is 1. The Balaban J connectivity index is 1.57. The maximum absolute atomic E-state index is 13.2. The third kappa shape index (κ3) is 4.65. The van der Waals surface area contributed by atoms with Crippen LogP contribution in [-0.2, 0) is 12.7 Å². The van der Waals surface area contributed by atoms with Gasteiger partial charge in [-0.3, -0.25) is 4.79 Å². The predicted octanol–water partition coefficient (Wildman–Crippen LogP) is 6.20. The maximum Gasteiger partial charge on any atom is 0.435 e. The van der Waals surface area contributed by atoms with Crippen LogP contribution in [-0.4, -0.2) is 15.7 Å². The predicted molar refractivity (Wildman–Crippen MR) is 115 cm³/mol. The number of halogens is 4. The third-order valence-electron chi connectivity index (χ3n) is 4.54. The zero-order valence-corrected chi connectivity index (χ0v) is 17.4. The van der Waals surface area contributed by atoms with Gasteiger partial charge >= 0.3 is 6.18 Å². The number of rotatable bonds is 5. The molecule has 0 aliphatic carbocycles. The standard InChI is InChI=1S/C22H15ClF3N3OS/c23-17-5-2-1-4-15(17)13-27-21(30)14-7-9-16(10-8-14)29-18(19-6-3-11-31-19)12-20(28-29)22(24,25)26/h1-12H,13H2,(H,27,30). The highest BCUT2D eigenvalue weighted by Crippen LogP contribution is 2.34. The van der Waals surface area contributed by atoms with Gasteiger partial charge in [0, 0.05) is 17.1 Å². The summed E-state index contributed by atoms with van der Waals surface area (Å²) >= 11 is 7.41. The molecule has 4 aromatic rings. The fraction of sp³-hybridized carbons (Fsp3) is 0.0909. The Kier molecular flexibility index (Phi) is 5.84. The lowest BCUT2D eigenvalue weighted by Crippen LogP contribution is -2.22. The van der Waals surface area contributed by atoms with Gasteiger partial charge < -0.3 is 5.32 Å². The molecule has 0 unspecified atom stereocenters. The molecule has 31 heavy (non-hydrogen) atoms. The first-order valence-electron chi connectivity index (χ1n) is 9.16. The second-order valence-corrected chi connectivity index (χ2v) is 7.98. The van der Waals surface area contributed by atoms with E-state index in [1.165, 1.54) is 16.0 Å². The van der Waals surface area contributed by atoms with Crippen LogP contribution in [0.3, 0.4) is 0 Å². The quantitative estimate of drug-likeness (QED) is 0.384. The van der Waals surface area contributed by atoms with Crippen LogP contribution in [0.2, 0.25) is 5.02 Å². The molecular formula is C22H15ClF3N3OS. The number of alkyl halides is 3. The van der Waals surface area contributed by atoms with Gasteiger partial charge in [-0.25, -0.2) is 4.68 Å². The van der Waals surface area contributed by atoms with Crippen molar-refractivity contribution in [3.63, 3.8) is 0 Å². The molecule has 0 saturated carbocycles. The summed E-state index contributed by atoms with van der Waals surface area (Å²) < 4.78 is 40.9. The summed E-state index contributed by atoms with van der Waals surface area (Å²) in [5, 5.41) is 8.87. The molecule has 2 aromatic carbocycles. The van der Waals surface area contributed by atoms with Gasteiger partial charge in [-0.15, -0.1) is 11.3 Å². The Hall–Kier alpha value is -3.10. The number of carbonyl (C=O) groups is 1. The second kappa shape index (κ2) is 8.56. The zero-order chi connectivity index (χ0) is 22.0. The van der Waals surface area contributed by atoms with Crippen molar-refractivity contribution in [1.82, 2.24) is 15.1 Å². The van der Waals surface area contributed by atoms with Crippen molar-refractivity contribution in [2.45, 2.75) is 12.7 Å². The molecule has 1 N–H and O–H groups in total. The van der Waals surface area contributed by atoms with Crippen LogP contribution in [0.5, 0.6) is 0 Å². The van der Waals surface area contributed by atoms with Crippen LogP contribution in [0.1, 0.15) is 21.6 Å². The summed E-state index contributed by atoms with van der Waals surface area (Å²) in [6.07, 6.45) is -4.56. The molecule has 4 rings (SSSR count). The van der Waals surface area contributed by atoms with Crippen LogP contribution in [0.15, 0.2) is 72.1 Å². The van der Waals surface area contributed by atoms with E-state index in [0.717, 1.165) is 11.6 Å². The summed E-state index contributed by atoms with van der Waals surface area (Å²) in [6.45, 7) is 0.261. The Morgan fingerprint density at radius 2 is 1.81 bits per heavy atom. The van der Waals surface area contributed by atoms with Gasteiger partial charge in [0.15, 0.2) is 5.69 Å². The minimum atomic E-state index is -4.56. The van der Waals surface area contributed by atoms with E-state index in [9.17, 15) is 18.0 Å². The first kappa shape index (κ1) is 21.1. The molecule has 0 aliphatic heterocycles. The highest BCUT2D eigenvalue weighted by atomic mass is 35.5. The molecule has 4 nitrogen and oxygen atoms in total. The van der Waals surface area contributed by atoms with Gasteiger partial charge in [-0.05, 0) is 53.4 Å². The molecule has 0 atom stereocenters. The average Bonchev–Trinajstić information content (AvgIpc) is 3.42.